The lowest BCUT2D eigenvalue weighted by Gasteiger charge is -2.18. The lowest BCUT2D eigenvalue weighted by atomic mass is 10.2. The van der Waals surface area contributed by atoms with Crippen molar-refractivity contribution >= 4 is 17.2 Å². The van der Waals surface area contributed by atoms with E-state index in [1.165, 1.54) is 0 Å². The molecule has 0 bridgehead atoms. The maximum atomic E-state index is 11.5. The molecule has 1 unspecified atom stereocenters. The first kappa shape index (κ1) is 15.3. The second kappa shape index (κ2) is 6.28. The third kappa shape index (κ3) is 2.99. The Kier molecular flexibility index (Phi) is 4.18. The van der Waals surface area contributed by atoms with Crippen molar-refractivity contribution in [3.63, 3.8) is 0 Å². The third-order valence-electron chi connectivity index (χ3n) is 4.21. The number of nitrogens with zero attached hydrogens (tertiary/aromatic N) is 4. The fourth-order valence-corrected chi connectivity index (χ4v) is 3.18. The van der Waals surface area contributed by atoms with Crippen molar-refractivity contribution < 1.29 is 4.92 Å². The van der Waals surface area contributed by atoms with E-state index in [2.05, 4.69) is 15.3 Å². The highest BCUT2D eigenvalue weighted by molar-refractivity contribution is 5.62. The summed E-state index contributed by atoms with van der Waals surface area (Å²) in [5.41, 5.74) is 1.77. The summed E-state index contributed by atoms with van der Waals surface area (Å²) >= 11 is 0. The first-order valence-electron chi connectivity index (χ1n) is 7.87. The first-order chi connectivity index (χ1) is 11.1. The number of anilines is 2. The second-order valence-corrected chi connectivity index (χ2v) is 5.80. The van der Waals surface area contributed by atoms with Crippen LogP contribution in [0.5, 0.6) is 0 Å². The zero-order chi connectivity index (χ0) is 16.4. The van der Waals surface area contributed by atoms with Crippen LogP contribution in [-0.4, -0.2) is 33.8 Å². The highest BCUT2D eigenvalue weighted by Crippen LogP contribution is 2.34. The molecule has 1 saturated heterocycles. The van der Waals surface area contributed by atoms with Gasteiger partial charge in [-0.3, -0.25) is 10.1 Å². The standard InChI is InChI=1S/C16H21N5O2/c1-3-14-15(21(22)23)16(19(2)18-14)20-10-9-13(11-20)17-12-7-5-4-6-8-12/h4-8,13,17H,3,9-11H2,1-2H3. The van der Waals surface area contributed by atoms with Gasteiger partial charge in [0.05, 0.1) is 4.92 Å². The highest BCUT2D eigenvalue weighted by atomic mass is 16.6. The van der Waals surface area contributed by atoms with Crippen LogP contribution in [0.2, 0.25) is 0 Å². The molecule has 0 radical (unpaired) electrons. The number of hydrogen-bond acceptors (Lipinski definition) is 5. The molecule has 3 rings (SSSR count). The summed E-state index contributed by atoms with van der Waals surface area (Å²) in [7, 11) is 1.78. The van der Waals surface area contributed by atoms with Crippen LogP contribution in [0, 0.1) is 10.1 Å². The number of aryl methyl sites for hydroxylation is 2. The van der Waals surface area contributed by atoms with Crippen LogP contribution >= 0.6 is 0 Å². The van der Waals surface area contributed by atoms with Crippen molar-refractivity contribution in [2.45, 2.75) is 25.8 Å². The first-order valence-corrected chi connectivity index (χ1v) is 7.87. The van der Waals surface area contributed by atoms with E-state index in [-0.39, 0.29) is 16.7 Å². The van der Waals surface area contributed by atoms with Gasteiger partial charge in [-0.1, -0.05) is 25.1 Å². The predicted molar refractivity (Wildman–Crippen MR) is 89.9 cm³/mol. The SMILES string of the molecule is CCc1nn(C)c(N2CCC(Nc3ccccc3)C2)c1[N+](=O)[O-]. The number of aromatic nitrogens is 2. The van der Waals surface area contributed by atoms with Gasteiger partial charge in [0, 0.05) is 31.9 Å². The fourth-order valence-electron chi connectivity index (χ4n) is 3.18. The molecule has 0 amide bonds. The van der Waals surface area contributed by atoms with Gasteiger partial charge in [-0.05, 0) is 25.0 Å². The van der Waals surface area contributed by atoms with Crippen LogP contribution in [0.1, 0.15) is 19.0 Å². The Bertz CT molecular complexity index is 698. The smallest absolute Gasteiger partial charge is 0.334 e. The zero-order valence-electron chi connectivity index (χ0n) is 13.4. The lowest BCUT2D eigenvalue weighted by Crippen LogP contribution is -2.27. The second-order valence-electron chi connectivity index (χ2n) is 5.80. The van der Waals surface area contributed by atoms with Gasteiger partial charge in [0.2, 0.25) is 5.82 Å². The molecule has 0 saturated carbocycles. The van der Waals surface area contributed by atoms with E-state index in [0.29, 0.717) is 17.9 Å². The molecule has 7 nitrogen and oxygen atoms in total. The van der Waals surface area contributed by atoms with E-state index in [4.69, 9.17) is 0 Å². The van der Waals surface area contributed by atoms with Crippen LogP contribution in [0.15, 0.2) is 30.3 Å². The molecular formula is C16H21N5O2. The van der Waals surface area contributed by atoms with Crippen LogP contribution in [0.4, 0.5) is 17.2 Å². The van der Waals surface area contributed by atoms with E-state index in [9.17, 15) is 10.1 Å². The normalized spacial score (nSPS) is 17.5. The van der Waals surface area contributed by atoms with E-state index in [1.807, 2.05) is 37.3 Å². The van der Waals surface area contributed by atoms with Crippen LogP contribution in [0.25, 0.3) is 0 Å². The van der Waals surface area contributed by atoms with Gasteiger partial charge >= 0.3 is 5.69 Å². The predicted octanol–water partition coefficient (Wildman–Crippen LogP) is 2.58. The Morgan fingerprint density at radius 2 is 2.13 bits per heavy atom. The molecule has 0 aliphatic carbocycles. The summed E-state index contributed by atoms with van der Waals surface area (Å²) in [5, 5.41) is 19.3. The molecule has 1 aromatic heterocycles. The van der Waals surface area contributed by atoms with Gasteiger partial charge in [-0.2, -0.15) is 5.10 Å². The summed E-state index contributed by atoms with van der Waals surface area (Å²) in [5.74, 6) is 0.615. The number of benzene rings is 1. The van der Waals surface area contributed by atoms with Gasteiger partial charge in [-0.15, -0.1) is 0 Å². The van der Waals surface area contributed by atoms with Gasteiger partial charge in [0.25, 0.3) is 0 Å². The summed E-state index contributed by atoms with van der Waals surface area (Å²) in [6.45, 7) is 3.41. The molecule has 1 fully saturated rings. The Morgan fingerprint density at radius 3 is 2.78 bits per heavy atom. The third-order valence-corrected chi connectivity index (χ3v) is 4.21. The zero-order valence-corrected chi connectivity index (χ0v) is 13.4. The lowest BCUT2D eigenvalue weighted by molar-refractivity contribution is -0.384. The highest BCUT2D eigenvalue weighted by Gasteiger charge is 2.33. The molecule has 122 valence electrons. The van der Waals surface area contributed by atoms with E-state index >= 15 is 0 Å². The van der Waals surface area contributed by atoms with Crippen LogP contribution < -0.4 is 10.2 Å². The minimum atomic E-state index is -0.306. The van der Waals surface area contributed by atoms with E-state index in [1.54, 1.807) is 11.7 Å². The van der Waals surface area contributed by atoms with Crippen molar-refractivity contribution in [1.82, 2.24) is 9.78 Å². The van der Waals surface area contributed by atoms with Gasteiger partial charge in [0.15, 0.2) is 0 Å². The monoisotopic (exact) mass is 315 g/mol. The molecule has 1 N–H and O–H groups in total. The number of rotatable bonds is 5. The largest absolute Gasteiger partial charge is 0.380 e. The molecule has 1 atom stereocenters. The number of para-hydroxylation sites is 1. The molecule has 1 aromatic carbocycles. The quantitative estimate of drug-likeness (QED) is 0.678. The molecule has 2 aromatic rings. The average molecular weight is 315 g/mol. The Labute approximate surface area is 135 Å². The van der Waals surface area contributed by atoms with Gasteiger partial charge < -0.3 is 10.2 Å². The van der Waals surface area contributed by atoms with Crippen molar-refractivity contribution in [3.8, 4) is 0 Å². The summed E-state index contributed by atoms with van der Waals surface area (Å²) < 4.78 is 1.64. The summed E-state index contributed by atoms with van der Waals surface area (Å²) in [6, 6.07) is 10.3. The summed E-state index contributed by atoms with van der Waals surface area (Å²) in [4.78, 5) is 13.2. The van der Waals surface area contributed by atoms with E-state index < -0.39 is 0 Å². The van der Waals surface area contributed by atoms with Crippen molar-refractivity contribution in [2.24, 2.45) is 7.05 Å². The fraction of sp³-hybridized carbons (Fsp3) is 0.438. The van der Waals surface area contributed by atoms with E-state index in [0.717, 1.165) is 25.2 Å². The Balaban J connectivity index is 1.79. The summed E-state index contributed by atoms with van der Waals surface area (Å²) in [6.07, 6.45) is 1.50. The minimum Gasteiger partial charge on any atom is -0.380 e. The van der Waals surface area contributed by atoms with Crippen LogP contribution in [0.3, 0.4) is 0 Å². The Hall–Kier alpha value is -2.57. The molecule has 1 aliphatic heterocycles. The van der Waals surface area contributed by atoms with Crippen molar-refractivity contribution in [2.75, 3.05) is 23.3 Å². The maximum Gasteiger partial charge on any atom is 0.334 e. The minimum absolute atomic E-state index is 0.148. The topological polar surface area (TPSA) is 76.2 Å². The molecule has 23 heavy (non-hydrogen) atoms. The maximum absolute atomic E-state index is 11.5. The Morgan fingerprint density at radius 1 is 1.39 bits per heavy atom. The van der Waals surface area contributed by atoms with Crippen molar-refractivity contribution in [3.05, 3.63) is 46.1 Å². The molecule has 7 heteroatoms. The number of nitro groups is 1. The van der Waals surface area contributed by atoms with Gasteiger partial charge in [-0.25, -0.2) is 4.68 Å². The van der Waals surface area contributed by atoms with Crippen LogP contribution in [-0.2, 0) is 13.5 Å². The number of nitrogens with one attached hydrogen (secondary N) is 1. The average Bonchev–Trinajstić information content (AvgIpc) is 3.12. The van der Waals surface area contributed by atoms with Gasteiger partial charge in [0.1, 0.15) is 5.69 Å². The van der Waals surface area contributed by atoms with Crippen molar-refractivity contribution in [1.29, 1.82) is 0 Å². The number of hydrogen-bond donors (Lipinski definition) is 1. The molecular weight excluding hydrogens is 294 g/mol. The molecule has 1 aliphatic rings. The molecule has 0 spiro atoms. The molecule has 2 heterocycles.